The molecule has 144 valence electrons. The lowest BCUT2D eigenvalue weighted by molar-refractivity contribution is 0.332. The van der Waals surface area contributed by atoms with Gasteiger partial charge >= 0.3 is 0 Å². The standard InChI is InChI=1S/C20H18FN3O3S/c1-13-9-15(21)10-18-19(13)24-12-14(11-22)20(18)23-7-8-27-16-3-5-17(6-4-16)28(2,25)26/h3-6,9-10,12H,7-8H2,1-2H3,(H,23,24). The summed E-state index contributed by atoms with van der Waals surface area (Å²) in [7, 11) is -3.25. The zero-order chi connectivity index (χ0) is 20.3. The maximum absolute atomic E-state index is 13.8. The van der Waals surface area contributed by atoms with Crippen LogP contribution in [-0.2, 0) is 9.84 Å². The molecule has 1 aromatic heterocycles. The van der Waals surface area contributed by atoms with E-state index in [1.165, 1.54) is 30.5 Å². The van der Waals surface area contributed by atoms with E-state index < -0.39 is 15.7 Å². The Morgan fingerprint density at radius 1 is 1.25 bits per heavy atom. The first kappa shape index (κ1) is 19.6. The zero-order valence-electron chi connectivity index (χ0n) is 15.4. The van der Waals surface area contributed by atoms with Crippen LogP contribution in [0, 0.1) is 24.1 Å². The van der Waals surface area contributed by atoms with Gasteiger partial charge in [0, 0.05) is 24.4 Å². The molecule has 0 unspecified atom stereocenters. The molecule has 0 atom stereocenters. The van der Waals surface area contributed by atoms with E-state index in [0.717, 1.165) is 6.26 Å². The minimum absolute atomic E-state index is 0.220. The van der Waals surface area contributed by atoms with E-state index in [9.17, 15) is 18.1 Å². The highest BCUT2D eigenvalue weighted by Crippen LogP contribution is 2.28. The molecule has 0 aliphatic carbocycles. The second kappa shape index (κ2) is 7.82. The van der Waals surface area contributed by atoms with Gasteiger partial charge in [0.05, 0.1) is 21.7 Å². The third kappa shape index (κ3) is 4.21. The molecule has 0 spiro atoms. The Balaban J connectivity index is 1.73. The number of halogens is 1. The summed E-state index contributed by atoms with van der Waals surface area (Å²) in [4.78, 5) is 4.47. The van der Waals surface area contributed by atoms with Crippen LogP contribution in [0.2, 0.25) is 0 Å². The van der Waals surface area contributed by atoms with Crippen molar-refractivity contribution in [1.29, 1.82) is 5.26 Å². The number of hydrogen-bond donors (Lipinski definition) is 1. The van der Waals surface area contributed by atoms with E-state index in [-0.39, 0.29) is 11.5 Å². The van der Waals surface area contributed by atoms with Crippen molar-refractivity contribution in [2.24, 2.45) is 0 Å². The third-order valence-corrected chi connectivity index (χ3v) is 5.30. The second-order valence-corrected chi connectivity index (χ2v) is 8.31. The minimum atomic E-state index is -3.25. The fourth-order valence-electron chi connectivity index (χ4n) is 2.84. The summed E-state index contributed by atoms with van der Waals surface area (Å²) in [6.07, 6.45) is 2.60. The van der Waals surface area contributed by atoms with Crippen LogP contribution in [0.25, 0.3) is 10.9 Å². The molecule has 0 amide bonds. The maximum Gasteiger partial charge on any atom is 0.175 e. The number of ether oxygens (including phenoxy) is 1. The Hall–Kier alpha value is -3.18. The largest absolute Gasteiger partial charge is 0.492 e. The van der Waals surface area contributed by atoms with Crippen molar-refractivity contribution in [1.82, 2.24) is 4.98 Å². The molecular formula is C20H18FN3O3S. The Morgan fingerprint density at radius 3 is 2.61 bits per heavy atom. The number of aryl methyl sites for hydroxylation is 1. The summed E-state index contributed by atoms with van der Waals surface area (Å²) < 4.78 is 42.4. The smallest absolute Gasteiger partial charge is 0.175 e. The highest BCUT2D eigenvalue weighted by Gasteiger charge is 2.12. The van der Waals surface area contributed by atoms with Gasteiger partial charge in [0.25, 0.3) is 0 Å². The molecular weight excluding hydrogens is 381 g/mol. The van der Waals surface area contributed by atoms with Gasteiger partial charge in [0.15, 0.2) is 9.84 Å². The molecule has 0 aliphatic heterocycles. The Bertz CT molecular complexity index is 1170. The van der Waals surface area contributed by atoms with Crippen LogP contribution in [0.3, 0.4) is 0 Å². The van der Waals surface area contributed by atoms with Gasteiger partial charge in [-0.25, -0.2) is 12.8 Å². The minimum Gasteiger partial charge on any atom is -0.492 e. The number of nitrogens with zero attached hydrogens (tertiary/aromatic N) is 2. The highest BCUT2D eigenvalue weighted by atomic mass is 32.2. The van der Waals surface area contributed by atoms with Gasteiger partial charge < -0.3 is 10.1 Å². The van der Waals surface area contributed by atoms with Gasteiger partial charge in [-0.1, -0.05) is 0 Å². The molecule has 0 saturated carbocycles. The van der Waals surface area contributed by atoms with Gasteiger partial charge in [-0.2, -0.15) is 5.26 Å². The predicted molar refractivity (Wildman–Crippen MR) is 105 cm³/mol. The normalized spacial score (nSPS) is 11.2. The van der Waals surface area contributed by atoms with Gasteiger partial charge in [0.1, 0.15) is 24.2 Å². The van der Waals surface area contributed by atoms with Crippen molar-refractivity contribution in [2.75, 3.05) is 24.7 Å². The van der Waals surface area contributed by atoms with Gasteiger partial charge in [0.2, 0.25) is 0 Å². The summed E-state index contributed by atoms with van der Waals surface area (Å²) in [5.41, 5.74) is 2.13. The topological polar surface area (TPSA) is 92.1 Å². The van der Waals surface area contributed by atoms with E-state index in [0.29, 0.717) is 40.0 Å². The van der Waals surface area contributed by atoms with Crippen LogP contribution in [-0.4, -0.2) is 32.8 Å². The van der Waals surface area contributed by atoms with E-state index in [4.69, 9.17) is 4.74 Å². The number of benzene rings is 2. The van der Waals surface area contributed by atoms with Crippen molar-refractivity contribution in [2.45, 2.75) is 11.8 Å². The lowest BCUT2D eigenvalue weighted by atomic mass is 10.1. The average molecular weight is 399 g/mol. The average Bonchev–Trinajstić information content (AvgIpc) is 2.64. The Labute approximate surface area is 162 Å². The summed E-state index contributed by atoms with van der Waals surface area (Å²) >= 11 is 0. The molecule has 2 aromatic carbocycles. The van der Waals surface area contributed by atoms with E-state index >= 15 is 0 Å². The predicted octanol–water partition coefficient (Wildman–Crippen LogP) is 3.45. The number of anilines is 1. The zero-order valence-corrected chi connectivity index (χ0v) is 16.2. The van der Waals surface area contributed by atoms with Crippen LogP contribution in [0.1, 0.15) is 11.1 Å². The van der Waals surface area contributed by atoms with Crippen LogP contribution < -0.4 is 10.1 Å². The molecule has 1 heterocycles. The SMILES string of the molecule is Cc1cc(F)cc2c(NCCOc3ccc(S(C)(=O)=O)cc3)c(C#N)cnc12. The number of hydrogen-bond acceptors (Lipinski definition) is 6. The summed E-state index contributed by atoms with van der Waals surface area (Å²) in [6, 6.07) is 10.9. The number of sulfone groups is 1. The molecule has 0 saturated heterocycles. The quantitative estimate of drug-likeness (QED) is 0.639. The van der Waals surface area contributed by atoms with Gasteiger partial charge in [-0.05, 0) is 48.9 Å². The van der Waals surface area contributed by atoms with Crippen molar-refractivity contribution >= 4 is 26.4 Å². The second-order valence-electron chi connectivity index (χ2n) is 6.30. The summed E-state index contributed by atoms with van der Waals surface area (Å²) in [5.74, 6) is 0.128. The van der Waals surface area contributed by atoms with Gasteiger partial charge in [-0.15, -0.1) is 0 Å². The summed E-state index contributed by atoms with van der Waals surface area (Å²) in [5, 5.41) is 13.0. The molecule has 3 rings (SSSR count). The molecule has 6 nitrogen and oxygen atoms in total. The van der Waals surface area contributed by atoms with E-state index in [1.54, 1.807) is 19.1 Å². The van der Waals surface area contributed by atoms with Crippen LogP contribution >= 0.6 is 0 Å². The van der Waals surface area contributed by atoms with Crippen molar-refractivity contribution in [3.05, 3.63) is 59.5 Å². The molecule has 3 aromatic rings. The highest BCUT2D eigenvalue weighted by molar-refractivity contribution is 7.90. The molecule has 0 fully saturated rings. The first-order valence-corrected chi connectivity index (χ1v) is 10.3. The van der Waals surface area contributed by atoms with Crippen LogP contribution in [0.5, 0.6) is 5.75 Å². The molecule has 0 radical (unpaired) electrons. The number of rotatable bonds is 6. The fourth-order valence-corrected chi connectivity index (χ4v) is 3.47. The number of fused-ring (bicyclic) bond motifs is 1. The monoisotopic (exact) mass is 399 g/mol. The van der Waals surface area contributed by atoms with Crippen LogP contribution in [0.4, 0.5) is 10.1 Å². The molecule has 28 heavy (non-hydrogen) atoms. The van der Waals surface area contributed by atoms with Crippen LogP contribution in [0.15, 0.2) is 47.5 Å². The Morgan fingerprint density at radius 2 is 1.96 bits per heavy atom. The van der Waals surface area contributed by atoms with Crippen molar-refractivity contribution in [3.8, 4) is 11.8 Å². The molecule has 0 bridgehead atoms. The summed E-state index contributed by atoms with van der Waals surface area (Å²) in [6.45, 7) is 2.38. The lowest BCUT2D eigenvalue weighted by Crippen LogP contribution is -2.13. The van der Waals surface area contributed by atoms with Crippen molar-refractivity contribution < 1.29 is 17.5 Å². The first-order chi connectivity index (χ1) is 13.3. The Kier molecular flexibility index (Phi) is 5.47. The third-order valence-electron chi connectivity index (χ3n) is 4.17. The number of pyridine rings is 1. The first-order valence-electron chi connectivity index (χ1n) is 8.45. The number of nitriles is 1. The van der Waals surface area contributed by atoms with Crippen molar-refractivity contribution in [3.63, 3.8) is 0 Å². The fraction of sp³-hybridized carbons (Fsp3) is 0.200. The van der Waals surface area contributed by atoms with E-state index in [2.05, 4.69) is 16.4 Å². The van der Waals surface area contributed by atoms with E-state index in [1.807, 2.05) is 0 Å². The lowest BCUT2D eigenvalue weighted by Gasteiger charge is -2.13. The number of nitrogens with one attached hydrogen (secondary N) is 1. The molecule has 0 aliphatic rings. The molecule has 1 N–H and O–H groups in total. The maximum atomic E-state index is 13.8. The number of aromatic nitrogens is 1. The molecule has 8 heteroatoms. The van der Waals surface area contributed by atoms with Gasteiger partial charge in [-0.3, -0.25) is 4.98 Å².